The lowest BCUT2D eigenvalue weighted by Crippen LogP contribution is -2.43. The van der Waals surface area contributed by atoms with Crippen LogP contribution in [0.25, 0.3) is 0 Å². The van der Waals surface area contributed by atoms with Gasteiger partial charge in [-0.3, -0.25) is 9.59 Å². The second-order valence-electron chi connectivity index (χ2n) is 15.4. The van der Waals surface area contributed by atoms with Gasteiger partial charge in [-0.2, -0.15) is 0 Å². The Morgan fingerprint density at radius 3 is 2.09 bits per heavy atom. The van der Waals surface area contributed by atoms with Gasteiger partial charge in [-0.05, 0) is 107 Å². The Hall–Kier alpha value is -2.57. The number of Topliss-reactive ketones (excluding diaryl/α,β-unsaturated/α-hetero) is 1. The SMILES string of the molecule is Cc1c(C)c2c(c(C)c1OCC(=O)N[C@@H](CCC(=O)C1CC1)C(=O)O)CC[C@@](C)(CCC[C@H](C)CCC[C@H](C)CCCC(C)C)O2. The van der Waals surface area contributed by atoms with Gasteiger partial charge in [0.25, 0.3) is 5.91 Å². The van der Waals surface area contributed by atoms with E-state index in [1.807, 2.05) is 13.8 Å². The van der Waals surface area contributed by atoms with Gasteiger partial charge in [0.15, 0.2) is 6.61 Å². The fraction of sp³-hybridized carbons (Fsp3) is 0.769. The van der Waals surface area contributed by atoms with Gasteiger partial charge in [0.05, 0.1) is 0 Å². The van der Waals surface area contributed by atoms with E-state index in [0.717, 1.165) is 84.3 Å². The van der Waals surface area contributed by atoms with Crippen molar-refractivity contribution in [3.8, 4) is 11.5 Å². The summed E-state index contributed by atoms with van der Waals surface area (Å²) >= 11 is 0. The standard InChI is InChI=1S/C39H63NO6/c1-25(2)12-9-13-26(3)14-10-15-27(4)16-11-22-39(8)23-21-32-30(7)36(28(5)29(6)37(32)46-39)45-24-35(42)40-33(38(43)44)19-20-34(41)31-17-18-31/h25-27,31,33H,9-24H2,1-8H3,(H,40,42)(H,43,44)/t26-,27-,33+,39-/m1/s1. The summed E-state index contributed by atoms with van der Waals surface area (Å²) in [5.41, 5.74) is 3.87. The molecule has 1 saturated carbocycles. The second-order valence-corrected chi connectivity index (χ2v) is 15.4. The Balaban J connectivity index is 1.48. The molecule has 1 aliphatic heterocycles. The van der Waals surface area contributed by atoms with Crippen LogP contribution in [0.4, 0.5) is 0 Å². The van der Waals surface area contributed by atoms with Gasteiger partial charge in [0.1, 0.15) is 28.9 Å². The molecule has 0 unspecified atom stereocenters. The number of ketones is 1. The molecule has 1 heterocycles. The molecule has 0 aromatic heterocycles. The number of hydrogen-bond acceptors (Lipinski definition) is 5. The number of amides is 1. The molecule has 1 amide bonds. The lowest BCUT2D eigenvalue weighted by Gasteiger charge is -2.38. The number of carboxylic acids is 1. The van der Waals surface area contributed by atoms with Gasteiger partial charge in [-0.15, -0.1) is 0 Å². The van der Waals surface area contributed by atoms with Crippen molar-refractivity contribution < 1.29 is 29.0 Å². The van der Waals surface area contributed by atoms with E-state index in [9.17, 15) is 19.5 Å². The molecule has 4 atom stereocenters. The minimum atomic E-state index is -1.14. The third kappa shape index (κ3) is 11.6. The Bertz CT molecular complexity index is 1190. The molecule has 2 N–H and O–H groups in total. The summed E-state index contributed by atoms with van der Waals surface area (Å²) in [4.78, 5) is 36.4. The highest BCUT2D eigenvalue weighted by molar-refractivity contribution is 5.86. The predicted octanol–water partition coefficient (Wildman–Crippen LogP) is 8.84. The maximum Gasteiger partial charge on any atom is 0.326 e. The first-order valence-corrected chi connectivity index (χ1v) is 18.2. The third-order valence-corrected chi connectivity index (χ3v) is 10.5. The van der Waals surface area contributed by atoms with Gasteiger partial charge >= 0.3 is 5.97 Å². The summed E-state index contributed by atoms with van der Waals surface area (Å²) in [6.07, 6.45) is 15.4. The summed E-state index contributed by atoms with van der Waals surface area (Å²) < 4.78 is 12.8. The van der Waals surface area contributed by atoms with Crippen molar-refractivity contribution in [1.29, 1.82) is 0 Å². The summed E-state index contributed by atoms with van der Waals surface area (Å²) in [6, 6.07) is -1.10. The normalized spacial score (nSPS) is 19.6. The molecule has 1 aromatic rings. The largest absolute Gasteiger partial charge is 0.487 e. The number of fused-ring (bicyclic) bond motifs is 1. The highest BCUT2D eigenvalue weighted by Crippen LogP contribution is 2.45. The zero-order valence-corrected chi connectivity index (χ0v) is 30.2. The van der Waals surface area contributed by atoms with E-state index in [1.165, 1.54) is 44.9 Å². The summed E-state index contributed by atoms with van der Waals surface area (Å²) in [7, 11) is 0. The van der Waals surface area contributed by atoms with Crippen molar-refractivity contribution in [3.63, 3.8) is 0 Å². The first-order chi connectivity index (χ1) is 21.7. The van der Waals surface area contributed by atoms with E-state index in [1.54, 1.807) is 0 Å². The minimum Gasteiger partial charge on any atom is -0.487 e. The average molecular weight is 642 g/mol. The maximum absolute atomic E-state index is 12.7. The fourth-order valence-electron chi connectivity index (χ4n) is 7.00. The van der Waals surface area contributed by atoms with Crippen LogP contribution in [-0.2, 0) is 20.8 Å². The second kappa shape index (κ2) is 17.5. The quantitative estimate of drug-likeness (QED) is 0.139. The van der Waals surface area contributed by atoms with Gasteiger partial charge in [-0.1, -0.05) is 72.6 Å². The predicted molar refractivity (Wildman–Crippen MR) is 185 cm³/mol. The molecule has 7 heteroatoms. The zero-order valence-electron chi connectivity index (χ0n) is 30.2. The van der Waals surface area contributed by atoms with Gasteiger partial charge in [0.2, 0.25) is 0 Å². The molecule has 1 aromatic carbocycles. The summed E-state index contributed by atoms with van der Waals surface area (Å²) in [5.74, 6) is 2.52. The minimum absolute atomic E-state index is 0.0789. The number of carbonyl (C=O) groups excluding carboxylic acids is 2. The number of ether oxygens (including phenoxy) is 2. The van der Waals surface area contributed by atoms with Crippen LogP contribution in [-0.4, -0.2) is 41.0 Å². The Kier molecular flexibility index (Phi) is 14.4. The lowest BCUT2D eigenvalue weighted by molar-refractivity contribution is -0.142. The van der Waals surface area contributed by atoms with Crippen LogP contribution in [0.2, 0.25) is 0 Å². The molecule has 1 fully saturated rings. The molecule has 0 spiro atoms. The number of benzene rings is 1. The number of rotatable bonds is 21. The number of carboxylic acid groups (broad SMARTS) is 1. The van der Waals surface area contributed by atoms with Crippen molar-refractivity contribution in [2.24, 2.45) is 23.7 Å². The number of carbonyl (C=O) groups is 3. The fourth-order valence-corrected chi connectivity index (χ4v) is 7.00. The van der Waals surface area contributed by atoms with Crippen molar-refractivity contribution in [1.82, 2.24) is 5.32 Å². The van der Waals surface area contributed by atoms with E-state index in [4.69, 9.17) is 9.47 Å². The van der Waals surface area contributed by atoms with Gasteiger partial charge in [-0.25, -0.2) is 4.79 Å². The Morgan fingerprint density at radius 1 is 0.891 bits per heavy atom. The monoisotopic (exact) mass is 641 g/mol. The van der Waals surface area contributed by atoms with Crippen LogP contribution in [0.15, 0.2) is 0 Å². The van der Waals surface area contributed by atoms with Gasteiger partial charge in [0, 0.05) is 17.9 Å². The molecular formula is C39H63NO6. The van der Waals surface area contributed by atoms with E-state index in [2.05, 4.69) is 46.9 Å². The number of nitrogens with one attached hydrogen (secondary N) is 1. The molecule has 0 radical (unpaired) electrons. The van der Waals surface area contributed by atoms with Crippen LogP contribution < -0.4 is 14.8 Å². The van der Waals surface area contributed by atoms with E-state index < -0.39 is 17.9 Å². The highest BCUT2D eigenvalue weighted by atomic mass is 16.5. The maximum atomic E-state index is 12.7. The highest BCUT2D eigenvalue weighted by Gasteiger charge is 2.35. The first kappa shape index (κ1) is 37.9. The van der Waals surface area contributed by atoms with Crippen LogP contribution in [0.5, 0.6) is 11.5 Å². The average Bonchev–Trinajstić information content (AvgIpc) is 3.83. The number of aliphatic carboxylic acids is 1. The van der Waals surface area contributed by atoms with Crippen LogP contribution in [0, 0.1) is 44.4 Å². The Morgan fingerprint density at radius 2 is 1.50 bits per heavy atom. The van der Waals surface area contributed by atoms with E-state index in [-0.39, 0.29) is 36.8 Å². The van der Waals surface area contributed by atoms with E-state index >= 15 is 0 Å². The molecule has 3 rings (SSSR count). The molecule has 2 aliphatic rings. The topological polar surface area (TPSA) is 102 Å². The summed E-state index contributed by atoms with van der Waals surface area (Å²) in [5, 5.41) is 12.1. The molecule has 0 bridgehead atoms. The van der Waals surface area contributed by atoms with Crippen LogP contribution in [0.1, 0.15) is 147 Å². The van der Waals surface area contributed by atoms with Crippen molar-refractivity contribution in [2.45, 2.75) is 163 Å². The molecule has 7 nitrogen and oxygen atoms in total. The molecular weight excluding hydrogens is 578 g/mol. The molecule has 46 heavy (non-hydrogen) atoms. The third-order valence-electron chi connectivity index (χ3n) is 10.5. The summed E-state index contributed by atoms with van der Waals surface area (Å²) in [6.45, 7) is 17.5. The molecule has 0 saturated heterocycles. The lowest BCUT2D eigenvalue weighted by atomic mass is 9.83. The van der Waals surface area contributed by atoms with Crippen molar-refractivity contribution >= 4 is 17.7 Å². The van der Waals surface area contributed by atoms with E-state index in [0.29, 0.717) is 5.75 Å². The van der Waals surface area contributed by atoms with Crippen molar-refractivity contribution in [2.75, 3.05) is 6.61 Å². The van der Waals surface area contributed by atoms with Crippen LogP contribution in [0.3, 0.4) is 0 Å². The van der Waals surface area contributed by atoms with Crippen LogP contribution >= 0.6 is 0 Å². The smallest absolute Gasteiger partial charge is 0.326 e. The van der Waals surface area contributed by atoms with Crippen molar-refractivity contribution in [3.05, 3.63) is 22.3 Å². The van der Waals surface area contributed by atoms with Gasteiger partial charge < -0.3 is 19.9 Å². The number of hydrogen-bond donors (Lipinski definition) is 2. The molecule has 260 valence electrons. The zero-order chi connectivity index (χ0) is 34.0. The Labute approximate surface area is 279 Å². The first-order valence-electron chi connectivity index (χ1n) is 18.2. The molecule has 1 aliphatic carbocycles.